The van der Waals surface area contributed by atoms with E-state index in [0.717, 1.165) is 89.5 Å². The highest BCUT2D eigenvalue weighted by molar-refractivity contribution is 5.87. The maximum atomic E-state index is 13.8. The van der Waals surface area contributed by atoms with Crippen LogP contribution in [-0.2, 0) is 35.0 Å². The average molecular weight is 811 g/mol. The average Bonchev–Trinajstić information content (AvgIpc) is 4.09. The SMILES string of the molecule is COC(=O)N[C@H]1COCCOCCCc2[nH]c(nc2-c2ccc(-c3ccc(-c4cnc([C@@H]5CCCN5C(=O)[C@@H](NC(=O)OC)C(C)C)[nH]4)cc3)cc2)[C@@H]2CCCN2C1=O. The number of aryl methyl sites for hydroxylation is 1. The Balaban J connectivity index is 1.06. The summed E-state index contributed by atoms with van der Waals surface area (Å²) in [5.74, 6) is 0.942. The monoisotopic (exact) mass is 810 g/mol. The third kappa shape index (κ3) is 9.44. The van der Waals surface area contributed by atoms with Crippen LogP contribution in [0.3, 0.4) is 0 Å². The number of hydrogen-bond acceptors (Lipinski definition) is 10. The van der Waals surface area contributed by atoms with Crippen LogP contribution < -0.4 is 10.6 Å². The molecule has 0 radical (unpaired) electrons. The van der Waals surface area contributed by atoms with Gasteiger partial charge in [-0.15, -0.1) is 0 Å². The van der Waals surface area contributed by atoms with Crippen molar-refractivity contribution in [3.63, 3.8) is 0 Å². The van der Waals surface area contributed by atoms with Gasteiger partial charge in [-0.3, -0.25) is 9.59 Å². The summed E-state index contributed by atoms with van der Waals surface area (Å²) in [4.78, 5) is 71.9. The minimum absolute atomic E-state index is 0.00982. The van der Waals surface area contributed by atoms with Gasteiger partial charge >= 0.3 is 12.2 Å². The van der Waals surface area contributed by atoms with Gasteiger partial charge in [0.25, 0.3) is 0 Å². The Kier molecular flexibility index (Phi) is 13.3. The van der Waals surface area contributed by atoms with Crippen molar-refractivity contribution in [3.8, 4) is 33.6 Å². The number of carbonyl (C=O) groups excluding carboxylic acids is 4. The highest BCUT2D eigenvalue weighted by Gasteiger charge is 2.39. The summed E-state index contributed by atoms with van der Waals surface area (Å²) < 4.78 is 21.1. The number of carbonyl (C=O) groups is 4. The second-order valence-corrected chi connectivity index (χ2v) is 15.5. The molecule has 2 saturated heterocycles. The lowest BCUT2D eigenvalue weighted by atomic mass is 10.00. The fraction of sp³-hybridized carbons (Fsp3) is 0.488. The minimum atomic E-state index is -0.900. The van der Waals surface area contributed by atoms with Crippen molar-refractivity contribution in [3.05, 3.63) is 72.1 Å². The third-order valence-corrected chi connectivity index (χ3v) is 11.3. The summed E-state index contributed by atoms with van der Waals surface area (Å²) in [6, 6.07) is 14.5. The topological polar surface area (TPSA) is 193 Å². The molecule has 4 atom stereocenters. The first-order valence-electron chi connectivity index (χ1n) is 20.5. The Labute approximate surface area is 343 Å². The van der Waals surface area contributed by atoms with E-state index in [1.54, 1.807) is 16.0 Å². The number of H-pyrrole nitrogens is 2. The molecule has 0 saturated carbocycles. The van der Waals surface area contributed by atoms with E-state index in [-0.39, 0.29) is 36.4 Å². The van der Waals surface area contributed by atoms with Crippen molar-refractivity contribution in [1.82, 2.24) is 40.4 Å². The lowest BCUT2D eigenvalue weighted by molar-refractivity contribution is -0.136. The highest BCUT2D eigenvalue weighted by Crippen LogP contribution is 2.36. The number of ether oxygens (including phenoxy) is 4. The van der Waals surface area contributed by atoms with Gasteiger partial charge in [0.05, 0.1) is 63.7 Å². The predicted octanol–water partition coefficient (Wildman–Crippen LogP) is 5.55. The second kappa shape index (κ2) is 18.9. The summed E-state index contributed by atoms with van der Waals surface area (Å²) in [7, 11) is 2.55. The Morgan fingerprint density at radius 2 is 1.46 bits per heavy atom. The van der Waals surface area contributed by atoms with Crippen LogP contribution in [0.5, 0.6) is 0 Å². The number of aromatic nitrogens is 4. The smallest absolute Gasteiger partial charge is 0.407 e. The molecule has 4 N–H and O–H groups in total. The van der Waals surface area contributed by atoms with Crippen LogP contribution in [-0.4, -0.2) is 120 Å². The van der Waals surface area contributed by atoms with E-state index in [1.165, 1.54) is 14.2 Å². The number of rotatable bonds is 8. The van der Waals surface area contributed by atoms with Crippen molar-refractivity contribution in [2.75, 3.05) is 53.7 Å². The number of benzene rings is 2. The Bertz CT molecular complexity index is 2080. The van der Waals surface area contributed by atoms with Crippen LogP contribution in [0.4, 0.5) is 9.59 Å². The maximum Gasteiger partial charge on any atom is 0.407 e. The molecule has 0 spiro atoms. The first kappa shape index (κ1) is 41.4. The normalized spacial score (nSPS) is 20.7. The zero-order chi connectivity index (χ0) is 41.5. The molecule has 4 amide bonds. The van der Waals surface area contributed by atoms with Gasteiger partial charge in [0.15, 0.2) is 0 Å². The van der Waals surface area contributed by atoms with E-state index in [2.05, 4.69) is 74.1 Å². The summed E-state index contributed by atoms with van der Waals surface area (Å²) in [6.45, 7) is 6.15. The van der Waals surface area contributed by atoms with E-state index < -0.39 is 24.3 Å². The molecule has 2 aromatic carbocycles. The zero-order valence-corrected chi connectivity index (χ0v) is 34.1. The number of nitrogens with one attached hydrogen (secondary N) is 4. The molecule has 0 unspecified atom stereocenters. The number of likely N-dealkylation sites (tertiary alicyclic amines) is 1. The Morgan fingerprint density at radius 1 is 0.797 bits per heavy atom. The first-order valence-corrected chi connectivity index (χ1v) is 20.5. The molecular formula is C43H54N8O8. The van der Waals surface area contributed by atoms with Crippen LogP contribution in [0, 0.1) is 5.92 Å². The summed E-state index contributed by atoms with van der Waals surface area (Å²) in [6.07, 6.45) is 5.15. The van der Waals surface area contributed by atoms with Crippen LogP contribution in [0.25, 0.3) is 33.6 Å². The molecule has 2 bridgehead atoms. The van der Waals surface area contributed by atoms with Gasteiger partial charge in [-0.25, -0.2) is 19.6 Å². The molecule has 0 aliphatic carbocycles. The fourth-order valence-corrected chi connectivity index (χ4v) is 8.18. The second-order valence-electron chi connectivity index (χ2n) is 15.5. The molecule has 59 heavy (non-hydrogen) atoms. The molecule has 3 aliphatic heterocycles. The van der Waals surface area contributed by atoms with Crippen LogP contribution in [0.2, 0.25) is 0 Å². The van der Waals surface area contributed by atoms with Crippen molar-refractivity contribution in [1.29, 1.82) is 0 Å². The maximum absolute atomic E-state index is 13.8. The van der Waals surface area contributed by atoms with Crippen molar-refractivity contribution in [2.24, 2.45) is 5.92 Å². The van der Waals surface area contributed by atoms with Crippen LogP contribution >= 0.6 is 0 Å². The zero-order valence-electron chi connectivity index (χ0n) is 34.1. The molecule has 314 valence electrons. The van der Waals surface area contributed by atoms with Gasteiger partial charge in [-0.05, 0) is 61.1 Å². The molecular weight excluding hydrogens is 757 g/mol. The number of aromatic amines is 2. The lowest BCUT2D eigenvalue weighted by Gasteiger charge is -2.30. The third-order valence-electron chi connectivity index (χ3n) is 11.3. The number of fused-ring (bicyclic) bond motifs is 4. The van der Waals surface area contributed by atoms with Gasteiger partial charge in [0.2, 0.25) is 11.8 Å². The number of hydrogen-bond donors (Lipinski definition) is 4. The van der Waals surface area contributed by atoms with Crippen molar-refractivity contribution >= 4 is 24.0 Å². The van der Waals surface area contributed by atoms with Gasteiger partial charge < -0.3 is 49.3 Å². The van der Waals surface area contributed by atoms with Crippen molar-refractivity contribution in [2.45, 2.75) is 76.5 Å². The van der Waals surface area contributed by atoms with E-state index >= 15 is 0 Å². The van der Waals surface area contributed by atoms with Gasteiger partial charge in [0, 0.05) is 31.0 Å². The predicted molar refractivity (Wildman–Crippen MR) is 218 cm³/mol. The summed E-state index contributed by atoms with van der Waals surface area (Å²) >= 11 is 0. The molecule has 7 rings (SSSR count). The molecule has 16 heteroatoms. The van der Waals surface area contributed by atoms with Crippen molar-refractivity contribution < 1.29 is 38.1 Å². The highest BCUT2D eigenvalue weighted by atomic mass is 16.5. The largest absolute Gasteiger partial charge is 0.453 e. The molecule has 4 aromatic rings. The molecule has 2 aromatic heterocycles. The van der Waals surface area contributed by atoms with Gasteiger partial charge in [-0.2, -0.15) is 0 Å². The molecule has 5 heterocycles. The lowest BCUT2D eigenvalue weighted by Crippen LogP contribution is -2.51. The van der Waals surface area contributed by atoms with E-state index in [9.17, 15) is 19.2 Å². The Morgan fingerprint density at radius 3 is 2.17 bits per heavy atom. The Hall–Kier alpha value is -5.74. The number of alkyl carbamates (subject to hydrolysis) is 2. The fourth-order valence-electron chi connectivity index (χ4n) is 8.18. The minimum Gasteiger partial charge on any atom is -0.453 e. The van der Waals surface area contributed by atoms with Crippen LogP contribution in [0.1, 0.15) is 75.4 Å². The number of nitrogens with zero attached hydrogens (tertiary/aromatic N) is 4. The van der Waals surface area contributed by atoms with E-state index in [4.69, 9.17) is 23.9 Å². The number of methoxy groups -OCH3 is 2. The summed E-state index contributed by atoms with van der Waals surface area (Å²) in [5, 5.41) is 5.34. The molecule has 2 fully saturated rings. The first-order chi connectivity index (χ1) is 28.6. The summed E-state index contributed by atoms with van der Waals surface area (Å²) in [5.41, 5.74) is 6.70. The molecule has 3 aliphatic rings. The quantitative estimate of drug-likeness (QED) is 0.176. The number of imidazole rings is 2. The molecule has 16 nitrogen and oxygen atoms in total. The standard InChI is InChI=1S/C43H54N8O8/c1-26(2)36(49-43(55)57-4)41(53)51-20-5-9-34(51)38-44-24-32(46-38)29-15-11-27(12-16-29)28-13-17-30(18-14-28)37-31-8-7-21-58-22-23-59-25-33(47-42(54)56-3)40(52)50-19-6-10-35(50)39(45-31)48-37/h11-18,24,26,33-36H,5-10,19-23,25H2,1-4H3,(H,44,46)(H,45,48)(H,47,54)(H,49,55)/t33-,34-,35-,36-/m0/s1. The number of amides is 4. The van der Waals surface area contributed by atoms with Gasteiger partial charge in [0.1, 0.15) is 23.7 Å². The van der Waals surface area contributed by atoms with E-state index in [1.807, 2.05) is 13.8 Å². The van der Waals surface area contributed by atoms with Gasteiger partial charge in [-0.1, -0.05) is 62.4 Å². The van der Waals surface area contributed by atoms with E-state index in [0.29, 0.717) is 32.9 Å². The van der Waals surface area contributed by atoms with Crippen LogP contribution in [0.15, 0.2) is 54.7 Å².